The molecule has 3 aromatic rings. The Balaban J connectivity index is 1.12. The molecular weight excluding hydrogens is 522 g/mol. The molecule has 1 saturated heterocycles. The van der Waals surface area contributed by atoms with Crippen molar-refractivity contribution in [2.45, 2.75) is 13.0 Å². The summed E-state index contributed by atoms with van der Waals surface area (Å²) in [5.41, 5.74) is 5.71. The first-order valence-corrected chi connectivity index (χ1v) is 14.1. The molecule has 3 aliphatic heterocycles. The number of carbonyl (C=O) groups is 1. The summed E-state index contributed by atoms with van der Waals surface area (Å²) in [7, 11) is -3.86. The molecule has 192 valence electrons. The van der Waals surface area contributed by atoms with Crippen molar-refractivity contribution < 1.29 is 18.3 Å². The number of aliphatic imine (C=N–C) groups is 1. The van der Waals surface area contributed by atoms with Gasteiger partial charge in [0.25, 0.3) is 5.91 Å². The fourth-order valence-corrected chi connectivity index (χ4v) is 6.43. The van der Waals surface area contributed by atoms with E-state index >= 15 is 0 Å². The van der Waals surface area contributed by atoms with Crippen molar-refractivity contribution in [3.05, 3.63) is 106 Å². The third kappa shape index (κ3) is 4.85. The monoisotopic (exact) mass is 545 g/mol. The van der Waals surface area contributed by atoms with Crippen molar-refractivity contribution in [3.63, 3.8) is 0 Å². The molecule has 38 heavy (non-hydrogen) atoms. The lowest BCUT2D eigenvalue weighted by Gasteiger charge is -2.19. The Bertz CT molecular complexity index is 1610. The Morgan fingerprint density at radius 1 is 1.03 bits per heavy atom. The number of anilines is 2. The molecule has 0 radical (unpaired) electrons. The number of benzene rings is 3. The van der Waals surface area contributed by atoms with Gasteiger partial charge in [0.2, 0.25) is 5.88 Å². The maximum Gasteiger partial charge on any atom is 0.330 e. The SMILES string of the molecule is O=C1NC(=Nc2ccc(N3C=C(O)NS3(=O)=O)cc2)SC1=Cc1ccc(CN2CCc3ccccc32)cc1. The van der Waals surface area contributed by atoms with Crippen LogP contribution in [0.4, 0.5) is 17.1 Å². The van der Waals surface area contributed by atoms with Crippen LogP contribution in [0.15, 0.2) is 94.8 Å². The topological polar surface area (TPSA) is 114 Å². The second-order valence-electron chi connectivity index (χ2n) is 8.96. The van der Waals surface area contributed by atoms with Crippen LogP contribution in [0.3, 0.4) is 0 Å². The van der Waals surface area contributed by atoms with Crippen LogP contribution in [-0.4, -0.2) is 31.1 Å². The number of nitrogens with one attached hydrogen (secondary N) is 2. The lowest BCUT2D eigenvalue weighted by Crippen LogP contribution is -2.29. The normalized spacial score (nSPS) is 20.0. The largest absolute Gasteiger partial charge is 0.493 e. The van der Waals surface area contributed by atoms with Crippen LogP contribution in [0, 0.1) is 0 Å². The lowest BCUT2D eigenvalue weighted by molar-refractivity contribution is -0.115. The highest BCUT2D eigenvalue weighted by Crippen LogP contribution is 2.31. The van der Waals surface area contributed by atoms with E-state index in [1.165, 1.54) is 28.6 Å². The van der Waals surface area contributed by atoms with Gasteiger partial charge in [0.15, 0.2) is 5.17 Å². The van der Waals surface area contributed by atoms with Crippen molar-refractivity contribution >= 4 is 56.2 Å². The molecule has 0 aliphatic carbocycles. The van der Waals surface area contributed by atoms with Crippen LogP contribution in [-0.2, 0) is 28.0 Å². The van der Waals surface area contributed by atoms with E-state index in [2.05, 4.69) is 51.6 Å². The Hall–Kier alpha value is -4.22. The summed E-state index contributed by atoms with van der Waals surface area (Å²) in [5, 5.41) is 12.7. The Morgan fingerprint density at radius 2 is 1.79 bits per heavy atom. The summed E-state index contributed by atoms with van der Waals surface area (Å²) in [5.74, 6) is -0.677. The highest BCUT2D eigenvalue weighted by Gasteiger charge is 2.29. The van der Waals surface area contributed by atoms with Crippen molar-refractivity contribution in [2.75, 3.05) is 15.7 Å². The standard InChI is InChI=1S/C27H23N5O4S2/c33-25-17-32(38(35,36)30-25)22-11-9-21(10-12-22)28-27-29-26(34)24(37-27)15-18-5-7-19(8-6-18)16-31-14-13-20-3-1-2-4-23(20)31/h1-12,15,17,30,33H,13-14,16H2,(H,28,29,34). The van der Waals surface area contributed by atoms with Gasteiger partial charge in [-0.25, -0.2) is 14.0 Å². The van der Waals surface area contributed by atoms with Gasteiger partial charge >= 0.3 is 10.2 Å². The Morgan fingerprint density at radius 3 is 2.53 bits per heavy atom. The van der Waals surface area contributed by atoms with E-state index in [1.807, 2.05) is 22.9 Å². The Labute approximate surface area is 224 Å². The third-order valence-corrected chi connectivity index (χ3v) is 8.56. The molecule has 6 rings (SSSR count). The predicted molar refractivity (Wildman–Crippen MR) is 150 cm³/mol. The molecule has 0 bridgehead atoms. The van der Waals surface area contributed by atoms with Gasteiger partial charge in [0.1, 0.15) is 0 Å². The van der Waals surface area contributed by atoms with Gasteiger partial charge in [-0.3, -0.25) is 4.79 Å². The number of para-hydroxylation sites is 1. The predicted octanol–water partition coefficient (Wildman–Crippen LogP) is 4.15. The van der Waals surface area contributed by atoms with Crippen molar-refractivity contribution in [1.29, 1.82) is 0 Å². The van der Waals surface area contributed by atoms with Crippen LogP contribution >= 0.6 is 11.8 Å². The molecule has 3 aromatic carbocycles. The molecule has 1 fully saturated rings. The number of fused-ring (bicyclic) bond motifs is 1. The van der Waals surface area contributed by atoms with E-state index in [9.17, 15) is 18.3 Å². The quantitative estimate of drug-likeness (QED) is 0.415. The molecule has 3 heterocycles. The second-order valence-corrected chi connectivity index (χ2v) is 11.5. The highest BCUT2D eigenvalue weighted by atomic mass is 32.2. The number of nitrogens with zero attached hydrogens (tertiary/aromatic N) is 3. The Kier molecular flexibility index (Phi) is 6.09. The molecular formula is C27H23N5O4S2. The van der Waals surface area contributed by atoms with Crippen molar-refractivity contribution in [1.82, 2.24) is 10.0 Å². The average molecular weight is 546 g/mol. The maximum absolute atomic E-state index is 12.5. The fraction of sp³-hybridized carbons (Fsp3) is 0.111. The minimum atomic E-state index is -3.86. The van der Waals surface area contributed by atoms with Gasteiger partial charge in [-0.1, -0.05) is 42.5 Å². The van der Waals surface area contributed by atoms with Gasteiger partial charge in [-0.05, 0) is 71.3 Å². The van der Waals surface area contributed by atoms with E-state index in [4.69, 9.17) is 0 Å². The number of aliphatic hydroxyl groups excluding tert-OH is 1. The van der Waals surface area contributed by atoms with E-state index in [0.717, 1.165) is 35.6 Å². The summed E-state index contributed by atoms with van der Waals surface area (Å²) in [6.45, 7) is 1.86. The molecule has 0 saturated carbocycles. The smallest absolute Gasteiger partial charge is 0.330 e. The molecule has 0 unspecified atom stereocenters. The zero-order valence-corrected chi connectivity index (χ0v) is 21.7. The van der Waals surface area contributed by atoms with Crippen molar-refractivity contribution in [3.8, 4) is 0 Å². The second kappa shape index (κ2) is 9.58. The summed E-state index contributed by atoms with van der Waals surface area (Å²) in [6.07, 6.45) is 3.99. The average Bonchev–Trinajstić information content (AvgIpc) is 3.55. The van der Waals surface area contributed by atoms with Crippen LogP contribution in [0.5, 0.6) is 0 Å². The van der Waals surface area contributed by atoms with Gasteiger partial charge < -0.3 is 15.3 Å². The van der Waals surface area contributed by atoms with E-state index in [0.29, 0.717) is 21.4 Å². The molecule has 9 nitrogen and oxygen atoms in total. The van der Waals surface area contributed by atoms with Crippen LogP contribution in [0.2, 0.25) is 0 Å². The lowest BCUT2D eigenvalue weighted by atomic mass is 10.1. The molecule has 1 amide bonds. The zero-order valence-electron chi connectivity index (χ0n) is 20.0. The number of amides is 1. The number of rotatable bonds is 5. The summed E-state index contributed by atoms with van der Waals surface area (Å²) in [4.78, 5) is 19.9. The minimum Gasteiger partial charge on any atom is -0.493 e. The van der Waals surface area contributed by atoms with Gasteiger partial charge in [-0.15, -0.1) is 0 Å². The molecule has 0 spiro atoms. The van der Waals surface area contributed by atoms with Gasteiger partial charge in [0, 0.05) is 18.8 Å². The third-order valence-electron chi connectivity index (χ3n) is 6.35. The molecule has 0 atom stereocenters. The number of hydrogen-bond donors (Lipinski definition) is 3. The summed E-state index contributed by atoms with van der Waals surface area (Å²) >= 11 is 1.24. The summed E-state index contributed by atoms with van der Waals surface area (Å²) in [6, 6.07) is 23.1. The first-order valence-electron chi connectivity index (χ1n) is 11.9. The first kappa shape index (κ1) is 24.1. The fourth-order valence-electron chi connectivity index (χ4n) is 4.54. The molecule has 11 heteroatoms. The minimum absolute atomic E-state index is 0.224. The maximum atomic E-state index is 12.5. The number of carbonyl (C=O) groups excluding carboxylic acids is 1. The first-order chi connectivity index (χ1) is 18.3. The molecule has 3 aliphatic rings. The highest BCUT2D eigenvalue weighted by molar-refractivity contribution is 8.18. The molecule has 0 aromatic heterocycles. The zero-order chi connectivity index (χ0) is 26.3. The van der Waals surface area contributed by atoms with Gasteiger partial charge in [0.05, 0.1) is 22.5 Å². The van der Waals surface area contributed by atoms with Crippen LogP contribution in [0.25, 0.3) is 6.08 Å². The molecule has 3 N–H and O–H groups in total. The number of thioether (sulfide) groups is 1. The van der Waals surface area contributed by atoms with Gasteiger partial charge in [-0.2, -0.15) is 8.42 Å². The van der Waals surface area contributed by atoms with Crippen LogP contribution < -0.4 is 19.2 Å². The summed E-state index contributed by atoms with van der Waals surface area (Å²) < 4.78 is 27.0. The number of aliphatic hydroxyl groups is 1. The van der Waals surface area contributed by atoms with E-state index in [-0.39, 0.29) is 5.91 Å². The van der Waals surface area contributed by atoms with Crippen LogP contribution in [0.1, 0.15) is 16.7 Å². The van der Waals surface area contributed by atoms with E-state index in [1.54, 1.807) is 24.3 Å². The van der Waals surface area contributed by atoms with E-state index < -0.39 is 16.1 Å². The van der Waals surface area contributed by atoms with Crippen molar-refractivity contribution in [2.24, 2.45) is 4.99 Å². The number of hydrogen-bond acceptors (Lipinski definition) is 7. The number of amidine groups is 1.